The molecule has 3 rings (SSSR count). The van der Waals surface area contributed by atoms with Gasteiger partial charge >= 0.3 is 18.5 Å². The molecule has 1 fully saturated rings. The molecule has 2 aromatic rings. The number of alkyl halides is 9. The molecule has 0 aromatic heterocycles. The first-order chi connectivity index (χ1) is 15.8. The average Bonchev–Trinajstić information content (AvgIpc) is 2.89. The maximum atomic E-state index is 13.4. The zero-order valence-corrected chi connectivity index (χ0v) is 18.3. The first kappa shape index (κ1) is 26.3. The number of thiocarbonyl (C=S) groups is 1. The smallest absolute Gasteiger partial charge is 0.304 e. The Morgan fingerprint density at radius 3 is 1.77 bits per heavy atom. The minimum absolute atomic E-state index is 0.106. The largest absolute Gasteiger partial charge is 0.417 e. The Morgan fingerprint density at radius 2 is 1.34 bits per heavy atom. The molecular weight excluding hydrogens is 513 g/mol. The fourth-order valence-corrected chi connectivity index (χ4v) is 4.05. The number of benzene rings is 2. The molecule has 1 heterocycles. The van der Waals surface area contributed by atoms with Crippen molar-refractivity contribution in [2.75, 3.05) is 9.80 Å². The Hall–Kier alpha value is -3.34. The van der Waals surface area contributed by atoms with Crippen LogP contribution in [0.25, 0.3) is 0 Å². The second-order valence-electron chi connectivity index (χ2n) is 7.92. The van der Waals surface area contributed by atoms with Crippen molar-refractivity contribution >= 4 is 34.6 Å². The highest BCUT2D eigenvalue weighted by atomic mass is 32.1. The lowest BCUT2D eigenvalue weighted by Crippen LogP contribution is -2.44. The molecule has 35 heavy (non-hydrogen) atoms. The Morgan fingerprint density at radius 1 is 0.829 bits per heavy atom. The lowest BCUT2D eigenvalue weighted by Gasteiger charge is -2.30. The third-order valence-corrected chi connectivity index (χ3v) is 5.55. The van der Waals surface area contributed by atoms with Crippen LogP contribution >= 0.6 is 12.2 Å². The molecule has 0 N–H and O–H groups in total. The van der Waals surface area contributed by atoms with E-state index in [9.17, 15) is 44.3 Å². The summed E-state index contributed by atoms with van der Waals surface area (Å²) in [6, 6.07) is 4.16. The molecule has 1 aliphatic heterocycles. The van der Waals surface area contributed by atoms with Crippen molar-refractivity contribution in [2.24, 2.45) is 0 Å². The standard InChI is InChI=1S/C21H12F9N3OS/c1-18(2)16(34)32(13-4-3-10(9-31)15(8-13)21(28,29)30)17(35)33(18)14-6-11(19(22,23)24)5-12(7-14)20(25,26)27/h3-8H,1-2H3. The summed E-state index contributed by atoms with van der Waals surface area (Å²) < 4.78 is 120. The lowest BCUT2D eigenvalue weighted by molar-refractivity contribution is -0.143. The van der Waals surface area contributed by atoms with Crippen LogP contribution in [0.4, 0.5) is 50.9 Å². The summed E-state index contributed by atoms with van der Waals surface area (Å²) in [4.78, 5) is 14.4. The molecule has 2 aromatic carbocycles. The fourth-order valence-electron chi connectivity index (χ4n) is 3.53. The fraction of sp³-hybridized carbons (Fsp3) is 0.286. The van der Waals surface area contributed by atoms with Gasteiger partial charge < -0.3 is 4.90 Å². The molecule has 0 aliphatic carbocycles. The van der Waals surface area contributed by atoms with Crippen molar-refractivity contribution in [3.8, 4) is 6.07 Å². The SMILES string of the molecule is CC1(C)C(=O)N(c2ccc(C#N)c(C(F)(F)F)c2)C(=S)N1c1cc(C(F)(F)F)cc(C(F)(F)F)c1. The molecule has 0 saturated carbocycles. The van der Waals surface area contributed by atoms with Gasteiger partial charge in [0.1, 0.15) is 5.54 Å². The third-order valence-electron chi connectivity index (χ3n) is 5.19. The number of carbonyl (C=O) groups excluding carboxylic acids is 1. The molecule has 0 bridgehead atoms. The zero-order valence-electron chi connectivity index (χ0n) is 17.5. The predicted molar refractivity (Wildman–Crippen MR) is 109 cm³/mol. The number of nitriles is 1. The molecule has 0 atom stereocenters. The Labute approximate surface area is 197 Å². The van der Waals surface area contributed by atoms with Gasteiger partial charge in [0, 0.05) is 5.69 Å². The average molecular weight is 525 g/mol. The second kappa shape index (κ2) is 8.11. The molecule has 0 spiro atoms. The summed E-state index contributed by atoms with van der Waals surface area (Å²) in [7, 11) is 0. The van der Waals surface area contributed by atoms with Crippen molar-refractivity contribution in [2.45, 2.75) is 37.9 Å². The predicted octanol–water partition coefficient (Wildman–Crippen LogP) is 6.53. The molecule has 0 radical (unpaired) electrons. The van der Waals surface area contributed by atoms with Crippen LogP contribution in [0.3, 0.4) is 0 Å². The van der Waals surface area contributed by atoms with Crippen molar-refractivity contribution in [1.82, 2.24) is 0 Å². The molecule has 4 nitrogen and oxygen atoms in total. The number of halogens is 9. The van der Waals surface area contributed by atoms with Crippen molar-refractivity contribution in [3.63, 3.8) is 0 Å². The molecule has 186 valence electrons. The van der Waals surface area contributed by atoms with E-state index >= 15 is 0 Å². The van der Waals surface area contributed by atoms with Crippen LogP contribution in [-0.4, -0.2) is 16.6 Å². The van der Waals surface area contributed by atoms with Crippen molar-refractivity contribution in [3.05, 3.63) is 58.7 Å². The molecule has 1 aliphatic rings. The molecule has 14 heteroatoms. The minimum Gasteiger partial charge on any atom is -0.304 e. The van der Waals surface area contributed by atoms with Gasteiger partial charge in [-0.25, -0.2) is 0 Å². The summed E-state index contributed by atoms with van der Waals surface area (Å²) in [5.41, 5.74) is -8.57. The maximum absolute atomic E-state index is 13.4. The van der Waals surface area contributed by atoms with Crippen LogP contribution < -0.4 is 9.80 Å². The van der Waals surface area contributed by atoms with Gasteiger partial charge in [-0.3, -0.25) is 9.69 Å². The molecular formula is C21H12F9N3OS. The third kappa shape index (κ3) is 4.64. The van der Waals surface area contributed by atoms with Gasteiger partial charge in [0.05, 0.1) is 34.0 Å². The molecule has 0 unspecified atom stereocenters. The first-order valence-corrected chi connectivity index (χ1v) is 9.80. The van der Waals surface area contributed by atoms with Gasteiger partial charge in [-0.15, -0.1) is 0 Å². The van der Waals surface area contributed by atoms with E-state index in [2.05, 4.69) is 0 Å². The van der Waals surface area contributed by atoms with Gasteiger partial charge in [-0.2, -0.15) is 44.8 Å². The van der Waals surface area contributed by atoms with E-state index in [1.54, 1.807) is 0 Å². The van der Waals surface area contributed by atoms with E-state index < -0.39 is 68.7 Å². The number of carbonyl (C=O) groups is 1. The number of hydrogen-bond donors (Lipinski definition) is 0. The maximum Gasteiger partial charge on any atom is 0.417 e. The van der Waals surface area contributed by atoms with Gasteiger partial charge in [-0.1, -0.05) is 0 Å². The number of anilines is 2. The van der Waals surface area contributed by atoms with Gasteiger partial charge in [0.2, 0.25) is 0 Å². The summed E-state index contributed by atoms with van der Waals surface area (Å²) in [6.45, 7) is 2.28. The van der Waals surface area contributed by atoms with Crippen molar-refractivity contribution in [1.29, 1.82) is 5.26 Å². The van der Waals surface area contributed by atoms with E-state index in [-0.39, 0.29) is 6.07 Å². The second-order valence-corrected chi connectivity index (χ2v) is 8.29. The van der Waals surface area contributed by atoms with E-state index in [1.165, 1.54) is 6.07 Å². The highest BCUT2D eigenvalue weighted by molar-refractivity contribution is 7.81. The summed E-state index contributed by atoms with van der Waals surface area (Å²) in [5.74, 6) is -1.01. The summed E-state index contributed by atoms with van der Waals surface area (Å²) >= 11 is 5.15. The molecule has 1 amide bonds. The zero-order chi connectivity index (χ0) is 26.7. The monoisotopic (exact) mass is 525 g/mol. The van der Waals surface area contributed by atoms with Gasteiger partial charge in [0.15, 0.2) is 5.11 Å². The molecule has 1 saturated heterocycles. The first-order valence-electron chi connectivity index (χ1n) is 9.39. The number of rotatable bonds is 2. The highest BCUT2D eigenvalue weighted by Crippen LogP contribution is 2.43. The lowest BCUT2D eigenvalue weighted by atomic mass is 10.0. The highest BCUT2D eigenvalue weighted by Gasteiger charge is 2.51. The quantitative estimate of drug-likeness (QED) is 0.331. The van der Waals surface area contributed by atoms with E-state index in [1.807, 2.05) is 0 Å². The van der Waals surface area contributed by atoms with Crippen LogP contribution in [0.2, 0.25) is 0 Å². The summed E-state index contributed by atoms with van der Waals surface area (Å²) in [6.07, 6.45) is -15.4. The Bertz CT molecular complexity index is 1220. The van der Waals surface area contributed by atoms with Crippen LogP contribution in [0, 0.1) is 11.3 Å². The normalized spacial score (nSPS) is 16.6. The Kier molecular flexibility index (Phi) is 6.09. The van der Waals surface area contributed by atoms with Gasteiger partial charge in [0.25, 0.3) is 5.91 Å². The van der Waals surface area contributed by atoms with E-state index in [4.69, 9.17) is 17.5 Å². The number of nitrogens with zero attached hydrogens (tertiary/aromatic N) is 3. The van der Waals surface area contributed by atoms with Crippen LogP contribution in [0.15, 0.2) is 36.4 Å². The number of hydrogen-bond acceptors (Lipinski definition) is 3. The van der Waals surface area contributed by atoms with E-state index in [0.717, 1.165) is 26.0 Å². The Balaban J connectivity index is 2.21. The minimum atomic E-state index is -5.18. The summed E-state index contributed by atoms with van der Waals surface area (Å²) in [5, 5.41) is 8.30. The topological polar surface area (TPSA) is 47.3 Å². The van der Waals surface area contributed by atoms with E-state index in [0.29, 0.717) is 28.0 Å². The van der Waals surface area contributed by atoms with Crippen LogP contribution in [0.1, 0.15) is 36.1 Å². The van der Waals surface area contributed by atoms with Crippen LogP contribution in [0.5, 0.6) is 0 Å². The van der Waals surface area contributed by atoms with Gasteiger partial charge in [-0.05, 0) is 62.5 Å². The number of amides is 1. The van der Waals surface area contributed by atoms with Crippen LogP contribution in [-0.2, 0) is 23.3 Å². The van der Waals surface area contributed by atoms with Crippen molar-refractivity contribution < 1.29 is 44.3 Å².